The minimum Gasteiger partial charge on any atom is -0.441 e. The molecule has 0 saturated heterocycles. The van der Waals surface area contributed by atoms with Crippen molar-refractivity contribution in [2.75, 3.05) is 5.73 Å². The molecule has 0 unspecified atom stereocenters. The summed E-state index contributed by atoms with van der Waals surface area (Å²) in [4.78, 5) is 4.50. The highest BCUT2D eigenvalue weighted by Gasteiger charge is 2.06. The van der Waals surface area contributed by atoms with E-state index >= 15 is 0 Å². The fourth-order valence-corrected chi connectivity index (χ4v) is 2.12. The Morgan fingerprint density at radius 2 is 1.84 bits per heavy atom. The smallest absolute Gasteiger partial charge is 0.195 e. The number of nitrogens with zero attached hydrogens (tertiary/aromatic N) is 1. The van der Waals surface area contributed by atoms with Gasteiger partial charge in [-0.15, -0.1) is 0 Å². The van der Waals surface area contributed by atoms with Crippen molar-refractivity contribution < 1.29 is 4.42 Å². The zero-order valence-electron chi connectivity index (χ0n) is 10.9. The Kier molecular flexibility index (Phi) is 2.95. The van der Waals surface area contributed by atoms with E-state index < -0.39 is 0 Å². The van der Waals surface area contributed by atoms with E-state index in [1.54, 1.807) is 0 Å². The largest absolute Gasteiger partial charge is 0.441 e. The molecule has 0 atom stereocenters. The molecule has 19 heavy (non-hydrogen) atoms. The maximum atomic E-state index is 5.76. The monoisotopic (exact) mass is 252 g/mol. The quantitative estimate of drug-likeness (QED) is 0.726. The summed E-state index contributed by atoms with van der Waals surface area (Å²) in [6, 6.07) is 14.0. The Labute approximate surface area is 112 Å². The fraction of sp³-hybridized carbons (Fsp3) is 0.188. The molecule has 2 N–H and O–H groups in total. The summed E-state index contributed by atoms with van der Waals surface area (Å²) in [5.74, 6) is 0.789. The van der Waals surface area contributed by atoms with Crippen LogP contribution in [0.1, 0.15) is 17.0 Å². The standard InChI is InChI=1S/C16H16N2O/c1-11-2-8-14-15(10-11)19-16(18-14)9-5-12-3-6-13(17)7-4-12/h2-4,6-8,10H,5,9,17H2,1H3. The van der Waals surface area contributed by atoms with Gasteiger partial charge in [0.15, 0.2) is 11.5 Å². The Balaban J connectivity index is 1.76. The summed E-state index contributed by atoms with van der Waals surface area (Å²) in [6.45, 7) is 2.05. The topological polar surface area (TPSA) is 52.0 Å². The molecule has 2 aromatic carbocycles. The van der Waals surface area contributed by atoms with Crippen LogP contribution in [0.15, 0.2) is 46.9 Å². The number of aromatic nitrogens is 1. The van der Waals surface area contributed by atoms with E-state index in [9.17, 15) is 0 Å². The van der Waals surface area contributed by atoms with Crippen LogP contribution in [0, 0.1) is 6.92 Å². The lowest BCUT2D eigenvalue weighted by Crippen LogP contribution is -1.92. The molecule has 1 heterocycles. The number of benzene rings is 2. The van der Waals surface area contributed by atoms with Gasteiger partial charge in [0, 0.05) is 12.1 Å². The van der Waals surface area contributed by atoms with Crippen molar-refractivity contribution >= 4 is 16.8 Å². The number of nitrogens with two attached hydrogens (primary N) is 1. The van der Waals surface area contributed by atoms with Crippen molar-refractivity contribution in [3.05, 3.63) is 59.5 Å². The predicted octanol–water partition coefficient (Wildman–Crippen LogP) is 3.50. The number of hydrogen-bond donors (Lipinski definition) is 1. The highest BCUT2D eigenvalue weighted by molar-refractivity contribution is 5.73. The molecule has 0 bridgehead atoms. The van der Waals surface area contributed by atoms with Crippen LogP contribution in [0.3, 0.4) is 0 Å². The average Bonchev–Trinajstić information content (AvgIpc) is 2.80. The van der Waals surface area contributed by atoms with E-state index in [0.29, 0.717) is 0 Å². The maximum Gasteiger partial charge on any atom is 0.195 e. The number of anilines is 1. The summed E-state index contributed by atoms with van der Waals surface area (Å²) < 4.78 is 5.76. The number of hydrogen-bond acceptors (Lipinski definition) is 3. The van der Waals surface area contributed by atoms with Crippen molar-refractivity contribution in [2.24, 2.45) is 0 Å². The van der Waals surface area contributed by atoms with Crippen LogP contribution < -0.4 is 5.73 Å². The third-order valence-electron chi connectivity index (χ3n) is 3.20. The molecule has 96 valence electrons. The Morgan fingerprint density at radius 3 is 2.63 bits per heavy atom. The molecule has 0 aliphatic rings. The molecular weight excluding hydrogens is 236 g/mol. The van der Waals surface area contributed by atoms with Crippen LogP contribution in [0.4, 0.5) is 5.69 Å². The van der Waals surface area contributed by atoms with Gasteiger partial charge in [-0.25, -0.2) is 4.98 Å². The molecule has 3 heteroatoms. The van der Waals surface area contributed by atoms with Crippen molar-refractivity contribution in [1.82, 2.24) is 4.98 Å². The van der Waals surface area contributed by atoms with Crippen LogP contribution in [0.5, 0.6) is 0 Å². The van der Waals surface area contributed by atoms with Gasteiger partial charge in [-0.3, -0.25) is 0 Å². The zero-order valence-corrected chi connectivity index (χ0v) is 10.9. The molecule has 3 aromatic rings. The van der Waals surface area contributed by atoms with Crippen molar-refractivity contribution in [3.8, 4) is 0 Å². The summed E-state index contributed by atoms with van der Waals surface area (Å²) in [6.07, 6.45) is 1.71. The summed E-state index contributed by atoms with van der Waals surface area (Å²) in [7, 11) is 0. The second-order valence-electron chi connectivity index (χ2n) is 4.82. The van der Waals surface area contributed by atoms with Gasteiger partial charge in [0.05, 0.1) is 0 Å². The van der Waals surface area contributed by atoms with E-state index in [1.165, 1.54) is 11.1 Å². The van der Waals surface area contributed by atoms with Crippen molar-refractivity contribution in [3.63, 3.8) is 0 Å². The number of nitrogen functional groups attached to an aromatic ring is 1. The van der Waals surface area contributed by atoms with Crippen LogP contribution in [0.25, 0.3) is 11.1 Å². The van der Waals surface area contributed by atoms with Gasteiger partial charge in [-0.2, -0.15) is 0 Å². The van der Waals surface area contributed by atoms with Gasteiger partial charge in [0.25, 0.3) is 0 Å². The van der Waals surface area contributed by atoms with Gasteiger partial charge in [-0.1, -0.05) is 18.2 Å². The Hall–Kier alpha value is -2.29. The zero-order chi connectivity index (χ0) is 13.2. The van der Waals surface area contributed by atoms with Gasteiger partial charge < -0.3 is 10.2 Å². The lowest BCUT2D eigenvalue weighted by Gasteiger charge is -1.99. The Bertz CT molecular complexity index is 698. The van der Waals surface area contributed by atoms with Gasteiger partial charge in [0.2, 0.25) is 0 Å². The lowest BCUT2D eigenvalue weighted by atomic mass is 10.1. The summed E-state index contributed by atoms with van der Waals surface area (Å²) >= 11 is 0. The molecule has 0 saturated carbocycles. The fourth-order valence-electron chi connectivity index (χ4n) is 2.12. The number of fused-ring (bicyclic) bond motifs is 1. The molecular formula is C16H16N2O. The molecule has 0 amide bonds. The van der Waals surface area contributed by atoms with E-state index in [1.807, 2.05) is 36.4 Å². The van der Waals surface area contributed by atoms with Gasteiger partial charge in [0.1, 0.15) is 5.52 Å². The first-order valence-corrected chi connectivity index (χ1v) is 6.41. The third kappa shape index (κ3) is 2.60. The van der Waals surface area contributed by atoms with E-state index in [-0.39, 0.29) is 0 Å². The number of rotatable bonds is 3. The molecule has 0 radical (unpaired) electrons. The van der Waals surface area contributed by atoms with E-state index in [0.717, 1.165) is 35.5 Å². The SMILES string of the molecule is Cc1ccc2nc(CCc3ccc(N)cc3)oc2c1. The molecule has 0 aliphatic heterocycles. The first-order valence-electron chi connectivity index (χ1n) is 6.41. The molecule has 1 aromatic heterocycles. The molecule has 3 nitrogen and oxygen atoms in total. The Morgan fingerprint density at radius 1 is 1.05 bits per heavy atom. The van der Waals surface area contributed by atoms with E-state index in [2.05, 4.69) is 18.0 Å². The average molecular weight is 252 g/mol. The minimum atomic E-state index is 0.789. The van der Waals surface area contributed by atoms with Crippen LogP contribution in [0.2, 0.25) is 0 Å². The normalized spacial score (nSPS) is 11.0. The van der Waals surface area contributed by atoms with Gasteiger partial charge in [-0.05, 0) is 48.7 Å². The molecule has 0 aliphatic carbocycles. The van der Waals surface area contributed by atoms with Crippen LogP contribution >= 0.6 is 0 Å². The van der Waals surface area contributed by atoms with Crippen molar-refractivity contribution in [2.45, 2.75) is 19.8 Å². The predicted molar refractivity (Wildman–Crippen MR) is 77.0 cm³/mol. The highest BCUT2D eigenvalue weighted by atomic mass is 16.3. The number of oxazole rings is 1. The van der Waals surface area contributed by atoms with Crippen LogP contribution in [-0.4, -0.2) is 4.98 Å². The van der Waals surface area contributed by atoms with Crippen LogP contribution in [-0.2, 0) is 12.8 Å². The second-order valence-corrected chi connectivity index (χ2v) is 4.82. The molecule has 3 rings (SSSR count). The summed E-state index contributed by atoms with van der Waals surface area (Å²) in [5.41, 5.74) is 10.7. The highest BCUT2D eigenvalue weighted by Crippen LogP contribution is 2.18. The van der Waals surface area contributed by atoms with E-state index in [4.69, 9.17) is 10.2 Å². The van der Waals surface area contributed by atoms with Gasteiger partial charge >= 0.3 is 0 Å². The molecule has 0 fully saturated rings. The minimum absolute atomic E-state index is 0.789. The first kappa shape index (κ1) is 11.8. The molecule has 0 spiro atoms. The lowest BCUT2D eigenvalue weighted by molar-refractivity contribution is 0.528. The second kappa shape index (κ2) is 4.76. The third-order valence-corrected chi connectivity index (χ3v) is 3.20. The van der Waals surface area contributed by atoms with Crippen molar-refractivity contribution in [1.29, 1.82) is 0 Å². The first-order chi connectivity index (χ1) is 9.20. The number of aryl methyl sites for hydroxylation is 3. The summed E-state index contributed by atoms with van der Waals surface area (Å²) in [5, 5.41) is 0. The maximum absolute atomic E-state index is 5.76.